The molecule has 2 aromatic rings. The van der Waals surface area contributed by atoms with Gasteiger partial charge in [-0.25, -0.2) is 4.79 Å². The summed E-state index contributed by atoms with van der Waals surface area (Å²) >= 11 is 0. The lowest BCUT2D eigenvalue weighted by Gasteiger charge is -2.26. The minimum atomic E-state index is -0.696. The molecule has 0 bridgehead atoms. The van der Waals surface area contributed by atoms with Gasteiger partial charge in [-0.15, -0.1) is 0 Å². The van der Waals surface area contributed by atoms with Crippen molar-refractivity contribution in [2.24, 2.45) is 0 Å². The first-order valence-corrected chi connectivity index (χ1v) is 12.2. The van der Waals surface area contributed by atoms with Crippen molar-refractivity contribution in [2.75, 3.05) is 0 Å². The van der Waals surface area contributed by atoms with E-state index in [9.17, 15) is 4.79 Å². The van der Waals surface area contributed by atoms with Gasteiger partial charge in [-0.2, -0.15) is 0 Å². The summed E-state index contributed by atoms with van der Waals surface area (Å²) in [4.78, 5) is 12.8. The molecule has 2 N–H and O–H groups in total. The molecule has 0 unspecified atom stereocenters. The fourth-order valence-corrected chi connectivity index (χ4v) is 4.90. The maximum absolute atomic E-state index is 12.8. The van der Waals surface area contributed by atoms with Crippen LogP contribution in [0.5, 0.6) is 0 Å². The van der Waals surface area contributed by atoms with Crippen LogP contribution >= 0.6 is 0 Å². The van der Waals surface area contributed by atoms with Crippen LogP contribution in [0.15, 0.2) is 48.5 Å². The monoisotopic (exact) mass is 450 g/mol. The topological polar surface area (TPSA) is 59.6 Å². The Morgan fingerprint density at radius 1 is 0.727 bits per heavy atom. The van der Waals surface area contributed by atoms with Crippen LogP contribution in [-0.2, 0) is 22.3 Å². The third-order valence-electron chi connectivity index (χ3n) is 6.79. The number of carbonyl (C=O) groups is 1. The van der Waals surface area contributed by atoms with Crippen LogP contribution < -0.4 is 10.6 Å². The molecule has 4 atom stereocenters. The summed E-state index contributed by atoms with van der Waals surface area (Å²) in [5, 5.41) is 6.32. The van der Waals surface area contributed by atoms with E-state index in [-0.39, 0.29) is 30.3 Å². The number of fused-ring (bicyclic) bond motifs is 1. The van der Waals surface area contributed by atoms with Crippen molar-refractivity contribution >= 4 is 6.03 Å². The number of hydrogen-bond donors (Lipinski definition) is 2. The van der Waals surface area contributed by atoms with Crippen LogP contribution in [0, 0.1) is 0 Å². The Morgan fingerprint density at radius 2 is 1.09 bits per heavy atom. The molecule has 2 amide bonds. The molecule has 2 aromatic carbocycles. The van der Waals surface area contributed by atoms with Crippen molar-refractivity contribution in [2.45, 2.75) is 96.3 Å². The van der Waals surface area contributed by atoms with Crippen LogP contribution in [0.4, 0.5) is 4.79 Å². The van der Waals surface area contributed by atoms with Gasteiger partial charge in [0.15, 0.2) is 5.79 Å². The van der Waals surface area contributed by atoms with Crippen molar-refractivity contribution in [1.82, 2.24) is 10.6 Å². The zero-order valence-corrected chi connectivity index (χ0v) is 20.7. The smallest absolute Gasteiger partial charge is 0.315 e. The lowest BCUT2D eigenvalue weighted by molar-refractivity contribution is -0.150. The minimum absolute atomic E-state index is 0.165. The molecule has 5 nitrogen and oxygen atoms in total. The van der Waals surface area contributed by atoms with E-state index in [1.165, 1.54) is 22.3 Å². The van der Waals surface area contributed by atoms with Gasteiger partial charge in [0.05, 0.1) is 12.1 Å². The Labute approximate surface area is 198 Å². The van der Waals surface area contributed by atoms with E-state index in [0.717, 1.165) is 0 Å². The molecule has 2 fully saturated rings. The van der Waals surface area contributed by atoms with Gasteiger partial charge < -0.3 is 20.1 Å². The number of urea groups is 1. The highest BCUT2D eigenvalue weighted by Gasteiger charge is 2.50. The summed E-state index contributed by atoms with van der Waals surface area (Å²) in [5.41, 5.74) is 4.99. The van der Waals surface area contributed by atoms with Gasteiger partial charge in [0.1, 0.15) is 12.2 Å². The van der Waals surface area contributed by atoms with Crippen molar-refractivity contribution in [3.63, 3.8) is 0 Å². The second-order valence-corrected chi connectivity index (χ2v) is 10.6. The number of nitrogens with one attached hydrogen (secondary N) is 2. The van der Waals surface area contributed by atoms with E-state index in [1.807, 2.05) is 13.8 Å². The number of rotatable bonds is 6. The second kappa shape index (κ2) is 9.47. The van der Waals surface area contributed by atoms with E-state index in [4.69, 9.17) is 9.47 Å². The summed E-state index contributed by atoms with van der Waals surface area (Å²) in [6.07, 6.45) is 0.928. The predicted octanol–water partition coefficient (Wildman–Crippen LogP) is 5.29. The molecule has 0 spiro atoms. The lowest BCUT2D eigenvalue weighted by atomic mass is 9.91. The first-order valence-electron chi connectivity index (χ1n) is 12.2. The number of carbonyl (C=O) groups excluding carboxylic acids is 1. The Morgan fingerprint density at radius 3 is 1.42 bits per heavy atom. The summed E-state index contributed by atoms with van der Waals surface area (Å²) in [6.45, 7) is 12.7. The molecular formula is C28H38N2O3. The Hall–Kier alpha value is -2.37. The molecule has 2 aliphatic rings. The molecule has 178 valence electrons. The van der Waals surface area contributed by atoms with E-state index in [1.54, 1.807) is 0 Å². The fraction of sp³-hybridized carbons (Fsp3) is 0.536. The average Bonchev–Trinajstić information content (AvgIpc) is 3.03. The van der Waals surface area contributed by atoms with Crippen LogP contribution in [-0.4, -0.2) is 36.1 Å². The summed E-state index contributed by atoms with van der Waals surface area (Å²) in [6, 6.07) is 16.8. The van der Waals surface area contributed by atoms with Gasteiger partial charge in [-0.05, 0) is 60.8 Å². The van der Waals surface area contributed by atoms with E-state index >= 15 is 0 Å². The quantitative estimate of drug-likeness (QED) is 0.629. The predicted molar refractivity (Wildman–Crippen MR) is 132 cm³/mol. The van der Waals surface area contributed by atoms with Gasteiger partial charge in [-0.1, -0.05) is 76.2 Å². The van der Waals surface area contributed by atoms with Crippen molar-refractivity contribution in [1.29, 1.82) is 0 Å². The molecular weight excluding hydrogens is 412 g/mol. The molecule has 4 rings (SSSR count). The highest BCUT2D eigenvalue weighted by molar-refractivity contribution is 5.75. The molecule has 0 aliphatic carbocycles. The molecule has 2 saturated heterocycles. The first kappa shape index (κ1) is 23.8. The number of hydrogen-bond acceptors (Lipinski definition) is 3. The van der Waals surface area contributed by atoms with E-state index in [0.29, 0.717) is 24.7 Å². The van der Waals surface area contributed by atoms with Crippen LogP contribution in [0.3, 0.4) is 0 Å². The normalized spacial score (nSPS) is 26.6. The summed E-state index contributed by atoms with van der Waals surface area (Å²) in [5.74, 6) is 0.291. The van der Waals surface area contributed by atoms with Crippen LogP contribution in [0.25, 0.3) is 0 Å². The van der Waals surface area contributed by atoms with Crippen LogP contribution in [0.1, 0.15) is 75.6 Å². The van der Waals surface area contributed by atoms with Crippen molar-refractivity contribution in [3.8, 4) is 0 Å². The lowest BCUT2D eigenvalue weighted by Crippen LogP contribution is -2.47. The van der Waals surface area contributed by atoms with Crippen molar-refractivity contribution in [3.05, 3.63) is 70.8 Å². The third-order valence-corrected chi connectivity index (χ3v) is 6.79. The fourth-order valence-electron chi connectivity index (χ4n) is 4.90. The van der Waals surface area contributed by atoms with Gasteiger partial charge in [0, 0.05) is 0 Å². The largest absolute Gasteiger partial charge is 0.342 e. The highest BCUT2D eigenvalue weighted by Crippen LogP contribution is 2.35. The average molecular weight is 451 g/mol. The van der Waals surface area contributed by atoms with Gasteiger partial charge in [0.25, 0.3) is 0 Å². The minimum Gasteiger partial charge on any atom is -0.342 e. The Kier molecular flexibility index (Phi) is 6.83. The number of ether oxygens (including phenoxy) is 2. The molecule has 2 heterocycles. The first-order chi connectivity index (χ1) is 15.6. The highest BCUT2D eigenvalue weighted by atomic mass is 16.8. The SMILES string of the molecule is CC(C)c1ccc(C[C@H]2NC(=O)N[C@H](Cc3ccc(C(C)C)cc3)[C@@H]3OC(C)(C)O[C@H]32)cc1. The Bertz CT molecular complexity index is 875. The number of benzene rings is 2. The summed E-state index contributed by atoms with van der Waals surface area (Å²) < 4.78 is 12.7. The van der Waals surface area contributed by atoms with Gasteiger partial charge in [0.2, 0.25) is 0 Å². The van der Waals surface area contributed by atoms with Crippen LogP contribution in [0.2, 0.25) is 0 Å². The molecule has 33 heavy (non-hydrogen) atoms. The maximum Gasteiger partial charge on any atom is 0.315 e. The van der Waals surface area contributed by atoms with Crippen molar-refractivity contribution < 1.29 is 14.3 Å². The molecule has 0 saturated carbocycles. The van der Waals surface area contributed by atoms with E-state index in [2.05, 4.69) is 86.9 Å². The third kappa shape index (κ3) is 5.59. The molecule has 2 aliphatic heterocycles. The van der Waals surface area contributed by atoms with Gasteiger partial charge >= 0.3 is 6.03 Å². The maximum atomic E-state index is 12.8. The van der Waals surface area contributed by atoms with E-state index < -0.39 is 5.79 Å². The molecule has 0 radical (unpaired) electrons. The number of amides is 2. The standard InChI is InChI=1S/C28H38N2O3/c1-17(2)21-11-7-19(8-12-21)15-23-25-26(33-28(5,6)32-25)24(30-27(31)29-23)16-20-9-13-22(14-10-20)18(3)4/h7-14,17-18,23-26H,15-16H2,1-6H3,(H2,29,30,31)/t23-,24-,25+,26+/m1/s1. The van der Waals surface area contributed by atoms with Gasteiger partial charge in [-0.3, -0.25) is 0 Å². The zero-order chi connectivity index (χ0) is 23.8. The molecule has 0 aromatic heterocycles. The second-order valence-electron chi connectivity index (χ2n) is 10.6. The molecule has 5 heteroatoms. The Balaban J connectivity index is 1.55. The summed E-state index contributed by atoms with van der Waals surface area (Å²) in [7, 11) is 0. The zero-order valence-electron chi connectivity index (χ0n) is 20.7.